The Bertz CT molecular complexity index is 424. The van der Waals surface area contributed by atoms with E-state index in [1.807, 2.05) is 0 Å². The molecule has 1 aromatic rings. The van der Waals surface area contributed by atoms with Gasteiger partial charge in [-0.05, 0) is 0 Å². The summed E-state index contributed by atoms with van der Waals surface area (Å²) in [6.45, 7) is 0. The molecule has 0 fully saturated rings. The van der Waals surface area contributed by atoms with Gasteiger partial charge in [0.15, 0.2) is 7.60 Å². The van der Waals surface area contributed by atoms with Crippen LogP contribution in [-0.4, -0.2) is 27.3 Å². The van der Waals surface area contributed by atoms with Crippen LogP contribution in [0.25, 0.3) is 0 Å². The zero-order chi connectivity index (χ0) is 12.2. The van der Waals surface area contributed by atoms with E-state index in [1.165, 1.54) is 12.4 Å². The van der Waals surface area contributed by atoms with Gasteiger partial charge in [0.05, 0.1) is 6.20 Å². The van der Waals surface area contributed by atoms with Gasteiger partial charge in [-0.1, -0.05) is 0 Å². The molecule has 12 heteroatoms. The van der Waals surface area contributed by atoms with Crippen molar-refractivity contribution < 1.29 is 50.5 Å². The fraction of sp³-hybridized carbons (Fsp3) is 0.400. The van der Waals surface area contributed by atoms with Gasteiger partial charge in [0.1, 0.15) is 6.33 Å². The third-order valence-electron chi connectivity index (χ3n) is 1.47. The Balaban J connectivity index is 0.00000256. The summed E-state index contributed by atoms with van der Waals surface area (Å²) in [5.74, 6) is 0. The third kappa shape index (κ3) is 6.35. The summed E-state index contributed by atoms with van der Waals surface area (Å²) in [4.78, 5) is 25.4. The molecule has 0 saturated carbocycles. The standard InChI is InChI=1S/C5H10N2O7P2.Fe/c8-14-16(11,12)4-3-15(9,10)13-7-2-1-6-5-7;/h1-2,5,8H,3-4H2,(H,9,10)(H,11,12);/q;+2/p-2. The van der Waals surface area contributed by atoms with Crippen LogP contribution in [0, 0.1) is 0 Å². The number of hydrogen-bond acceptors (Lipinski definition) is 8. The van der Waals surface area contributed by atoms with E-state index in [0.717, 1.165) is 11.1 Å². The molecule has 0 saturated heterocycles. The first kappa shape index (κ1) is 16.8. The summed E-state index contributed by atoms with van der Waals surface area (Å²) in [5.41, 5.74) is 0. The molecule has 0 aromatic carbocycles. The van der Waals surface area contributed by atoms with Gasteiger partial charge in [-0.15, -0.1) is 0 Å². The van der Waals surface area contributed by atoms with Crippen LogP contribution in [0.2, 0.25) is 0 Å². The number of aromatic nitrogens is 2. The molecule has 9 nitrogen and oxygen atoms in total. The van der Waals surface area contributed by atoms with E-state index in [1.54, 1.807) is 0 Å². The Morgan fingerprint density at radius 3 is 2.35 bits per heavy atom. The van der Waals surface area contributed by atoms with E-state index in [4.69, 9.17) is 5.26 Å². The summed E-state index contributed by atoms with van der Waals surface area (Å²) in [5, 5.41) is 7.92. The van der Waals surface area contributed by atoms with Crippen LogP contribution in [-0.2, 0) is 30.9 Å². The summed E-state index contributed by atoms with van der Waals surface area (Å²) in [6.07, 6.45) is 1.91. The topological polar surface area (TPSA) is 137 Å². The maximum Gasteiger partial charge on any atom is 2.00 e. The number of nitrogens with zero attached hydrogens (tertiary/aromatic N) is 2. The van der Waals surface area contributed by atoms with Crippen molar-refractivity contribution in [1.82, 2.24) is 9.71 Å². The molecule has 0 aliphatic rings. The molecule has 0 spiro atoms. The minimum atomic E-state index is -4.53. The molecule has 0 aliphatic heterocycles. The summed E-state index contributed by atoms with van der Waals surface area (Å²) in [7, 11) is -8.91. The fourth-order valence-corrected chi connectivity index (χ4v) is 3.27. The zero-order valence-electron chi connectivity index (χ0n) is 8.19. The second-order valence-electron chi connectivity index (χ2n) is 2.75. The Labute approximate surface area is 107 Å². The number of rotatable bonds is 6. The van der Waals surface area contributed by atoms with Gasteiger partial charge < -0.3 is 19.0 Å². The minimum Gasteiger partial charge on any atom is -0.776 e. The Hall–Kier alpha value is -0.171. The largest absolute Gasteiger partial charge is 2.00 e. The van der Waals surface area contributed by atoms with E-state index in [9.17, 15) is 18.9 Å². The van der Waals surface area contributed by atoms with Crippen molar-refractivity contribution in [3.05, 3.63) is 18.7 Å². The fourth-order valence-electron chi connectivity index (χ4n) is 0.765. The normalized spacial score (nSPS) is 17.6. The first-order chi connectivity index (χ1) is 7.35. The Kier molecular flexibility index (Phi) is 6.61. The molecule has 1 aromatic heterocycles. The van der Waals surface area contributed by atoms with Gasteiger partial charge >= 0.3 is 17.1 Å². The Morgan fingerprint density at radius 2 is 1.88 bits per heavy atom. The zero-order valence-corrected chi connectivity index (χ0v) is 11.1. The van der Waals surface area contributed by atoms with E-state index in [2.05, 4.69) is 14.3 Å². The average Bonchev–Trinajstić information content (AvgIpc) is 2.67. The van der Waals surface area contributed by atoms with Crippen molar-refractivity contribution in [1.29, 1.82) is 0 Å². The van der Waals surface area contributed by atoms with Crippen molar-refractivity contribution in [2.24, 2.45) is 0 Å². The molecular weight excluding hydrogens is 318 g/mol. The predicted octanol–water partition coefficient (Wildman–Crippen LogP) is -1.09. The molecule has 0 bridgehead atoms. The van der Waals surface area contributed by atoms with E-state index in [0.29, 0.717) is 0 Å². The molecule has 2 atom stereocenters. The van der Waals surface area contributed by atoms with Gasteiger partial charge in [-0.25, -0.2) is 10.2 Å². The smallest absolute Gasteiger partial charge is 0.776 e. The second kappa shape index (κ2) is 6.68. The van der Waals surface area contributed by atoms with Crippen molar-refractivity contribution in [2.75, 3.05) is 12.3 Å². The molecule has 98 valence electrons. The molecule has 17 heavy (non-hydrogen) atoms. The SMILES string of the molecule is O=P([O-])(CCP(=O)([O-])On1ccnc1)OO.[Fe+2]. The van der Waals surface area contributed by atoms with E-state index < -0.39 is 27.5 Å². The molecule has 1 heterocycles. The van der Waals surface area contributed by atoms with Gasteiger partial charge in [0.2, 0.25) is 7.60 Å². The van der Waals surface area contributed by atoms with Crippen LogP contribution in [0.3, 0.4) is 0 Å². The maximum atomic E-state index is 11.2. The van der Waals surface area contributed by atoms with E-state index >= 15 is 0 Å². The van der Waals surface area contributed by atoms with Crippen LogP contribution in [0.1, 0.15) is 0 Å². The van der Waals surface area contributed by atoms with Crippen molar-refractivity contribution in [3.8, 4) is 0 Å². The summed E-state index contributed by atoms with van der Waals surface area (Å²) in [6, 6.07) is 0. The van der Waals surface area contributed by atoms with Crippen LogP contribution in [0.15, 0.2) is 18.7 Å². The van der Waals surface area contributed by atoms with E-state index in [-0.39, 0.29) is 17.1 Å². The van der Waals surface area contributed by atoms with Gasteiger partial charge in [0.25, 0.3) is 0 Å². The molecule has 1 N–H and O–H groups in total. The third-order valence-corrected chi connectivity index (χ3v) is 4.05. The van der Waals surface area contributed by atoms with Crippen LogP contribution >= 0.6 is 15.2 Å². The Morgan fingerprint density at radius 1 is 1.29 bits per heavy atom. The van der Waals surface area contributed by atoms with Crippen LogP contribution in [0.5, 0.6) is 0 Å². The number of hydrogen-bond donors (Lipinski definition) is 1. The maximum absolute atomic E-state index is 11.2. The monoisotopic (exact) mass is 326 g/mol. The molecular formula is C5H8FeN2O7P2. The van der Waals surface area contributed by atoms with Crippen molar-refractivity contribution in [3.63, 3.8) is 0 Å². The first-order valence-corrected chi connectivity index (χ1v) is 7.41. The second-order valence-corrected chi connectivity index (χ2v) is 6.42. The quantitative estimate of drug-likeness (QED) is 0.301. The molecule has 2 unspecified atom stereocenters. The average molecular weight is 326 g/mol. The summed E-state index contributed by atoms with van der Waals surface area (Å²) < 4.78 is 30.3. The number of imidazole rings is 1. The molecule has 0 amide bonds. The minimum absolute atomic E-state index is 0. The van der Waals surface area contributed by atoms with Crippen molar-refractivity contribution in [2.45, 2.75) is 0 Å². The molecule has 1 rings (SSSR count). The predicted molar refractivity (Wildman–Crippen MR) is 47.5 cm³/mol. The summed E-state index contributed by atoms with van der Waals surface area (Å²) >= 11 is 0. The molecule has 0 aliphatic carbocycles. The van der Waals surface area contributed by atoms with Crippen LogP contribution in [0.4, 0.5) is 0 Å². The first-order valence-electron chi connectivity index (χ1n) is 3.96. The van der Waals surface area contributed by atoms with Gasteiger partial charge in [0, 0.05) is 18.5 Å². The van der Waals surface area contributed by atoms with Gasteiger partial charge in [-0.2, -0.15) is 9.40 Å². The molecule has 0 radical (unpaired) electrons. The van der Waals surface area contributed by atoms with Crippen molar-refractivity contribution >= 4 is 15.2 Å². The van der Waals surface area contributed by atoms with Crippen LogP contribution < -0.4 is 14.4 Å². The van der Waals surface area contributed by atoms with Gasteiger partial charge in [-0.3, -0.25) is 4.57 Å².